The topological polar surface area (TPSA) is 57.4 Å². The summed E-state index contributed by atoms with van der Waals surface area (Å²) in [7, 11) is 1.62. The predicted octanol–water partition coefficient (Wildman–Crippen LogP) is 2.25. The predicted molar refractivity (Wildman–Crippen MR) is 66.0 cm³/mol. The van der Waals surface area contributed by atoms with Gasteiger partial charge in [0.15, 0.2) is 0 Å². The molecule has 1 aromatic carbocycles. The number of nitrogens with zero attached hydrogens (tertiary/aromatic N) is 1. The molecule has 17 heavy (non-hydrogen) atoms. The van der Waals surface area contributed by atoms with Crippen molar-refractivity contribution < 1.29 is 9.47 Å². The largest absolute Gasteiger partial charge is 0.497 e. The summed E-state index contributed by atoms with van der Waals surface area (Å²) < 4.78 is 10.7. The number of methoxy groups -OCH3 is 1. The summed E-state index contributed by atoms with van der Waals surface area (Å²) in [6, 6.07) is 9.30. The Morgan fingerprint density at radius 2 is 2.06 bits per heavy atom. The normalized spacial score (nSPS) is 9.94. The van der Waals surface area contributed by atoms with Crippen LogP contribution in [0.25, 0.3) is 0 Å². The first-order valence-electron chi connectivity index (χ1n) is 5.25. The Bertz CT molecular complexity index is 500. The summed E-state index contributed by atoms with van der Waals surface area (Å²) in [6.07, 6.45) is 3.31. The summed E-state index contributed by atoms with van der Waals surface area (Å²) in [5.74, 6) is 1.52. The second-order valence-electron chi connectivity index (χ2n) is 3.54. The van der Waals surface area contributed by atoms with Gasteiger partial charge < -0.3 is 15.2 Å². The minimum absolute atomic E-state index is 0.418. The van der Waals surface area contributed by atoms with E-state index in [1.54, 1.807) is 19.5 Å². The molecule has 0 atom stereocenters. The zero-order valence-corrected chi connectivity index (χ0v) is 9.59. The number of pyridine rings is 1. The number of nitrogens with two attached hydrogens (primary N) is 1. The molecule has 2 aromatic rings. The first-order valence-corrected chi connectivity index (χ1v) is 5.25. The first kappa shape index (κ1) is 11.3. The minimum Gasteiger partial charge on any atom is -0.497 e. The number of rotatable bonds is 4. The molecule has 4 nitrogen and oxygen atoms in total. The van der Waals surface area contributed by atoms with Crippen molar-refractivity contribution >= 4 is 5.69 Å². The third kappa shape index (κ3) is 2.87. The molecule has 0 aliphatic carbocycles. The molecule has 0 radical (unpaired) electrons. The molecular weight excluding hydrogens is 216 g/mol. The summed E-state index contributed by atoms with van der Waals surface area (Å²) in [5.41, 5.74) is 7.33. The van der Waals surface area contributed by atoms with E-state index < -0.39 is 0 Å². The van der Waals surface area contributed by atoms with Gasteiger partial charge >= 0.3 is 0 Å². The lowest BCUT2D eigenvalue weighted by Crippen LogP contribution is -2.00. The van der Waals surface area contributed by atoms with Crippen LogP contribution in [0.15, 0.2) is 42.7 Å². The van der Waals surface area contributed by atoms with E-state index in [9.17, 15) is 0 Å². The third-order valence-corrected chi connectivity index (χ3v) is 2.38. The first-order chi connectivity index (χ1) is 8.29. The molecule has 0 fully saturated rings. The number of benzene rings is 1. The second kappa shape index (κ2) is 5.21. The molecule has 0 amide bonds. The highest BCUT2D eigenvalue weighted by Crippen LogP contribution is 2.20. The van der Waals surface area contributed by atoms with Gasteiger partial charge in [-0.2, -0.15) is 0 Å². The van der Waals surface area contributed by atoms with E-state index in [4.69, 9.17) is 15.2 Å². The lowest BCUT2D eigenvalue weighted by molar-refractivity contribution is 0.304. The van der Waals surface area contributed by atoms with Crippen LogP contribution in [0, 0.1) is 0 Å². The van der Waals surface area contributed by atoms with Crippen LogP contribution in [0.3, 0.4) is 0 Å². The van der Waals surface area contributed by atoms with Crippen LogP contribution >= 0.6 is 0 Å². The Morgan fingerprint density at radius 1 is 1.24 bits per heavy atom. The van der Waals surface area contributed by atoms with E-state index in [0.29, 0.717) is 12.3 Å². The van der Waals surface area contributed by atoms with Crippen molar-refractivity contribution in [2.45, 2.75) is 6.61 Å². The van der Waals surface area contributed by atoms with Gasteiger partial charge in [0.25, 0.3) is 0 Å². The molecule has 1 aromatic heterocycles. The van der Waals surface area contributed by atoms with E-state index in [1.165, 1.54) is 0 Å². The van der Waals surface area contributed by atoms with Gasteiger partial charge in [-0.3, -0.25) is 4.98 Å². The van der Waals surface area contributed by atoms with Crippen molar-refractivity contribution in [3.8, 4) is 11.5 Å². The lowest BCUT2D eigenvalue weighted by Gasteiger charge is -2.09. The van der Waals surface area contributed by atoms with Crippen LogP contribution in [0.2, 0.25) is 0 Å². The summed E-state index contributed by atoms with van der Waals surface area (Å²) in [5, 5.41) is 0. The standard InChI is InChI=1S/C13H14N2O2/c1-16-11-3-2-4-12(7-11)17-9-10-5-6-15-8-13(10)14/h2-8H,9,14H2,1H3. The highest BCUT2D eigenvalue weighted by atomic mass is 16.5. The number of nitrogen functional groups attached to an aromatic ring is 1. The fourth-order valence-electron chi connectivity index (χ4n) is 1.42. The zero-order chi connectivity index (χ0) is 12.1. The third-order valence-electron chi connectivity index (χ3n) is 2.38. The number of hydrogen-bond donors (Lipinski definition) is 1. The molecule has 2 N–H and O–H groups in total. The van der Waals surface area contributed by atoms with Crippen LogP contribution < -0.4 is 15.2 Å². The molecule has 0 unspecified atom stereocenters. The molecule has 0 aliphatic heterocycles. The van der Waals surface area contributed by atoms with Gasteiger partial charge in [-0.15, -0.1) is 0 Å². The van der Waals surface area contributed by atoms with Gasteiger partial charge in [-0.1, -0.05) is 6.07 Å². The summed E-state index contributed by atoms with van der Waals surface area (Å²) >= 11 is 0. The van der Waals surface area contributed by atoms with Crippen LogP contribution in [0.4, 0.5) is 5.69 Å². The summed E-state index contributed by atoms with van der Waals surface area (Å²) in [4.78, 5) is 3.93. The van der Waals surface area contributed by atoms with Crippen molar-refractivity contribution in [2.75, 3.05) is 12.8 Å². The van der Waals surface area contributed by atoms with Crippen molar-refractivity contribution in [1.82, 2.24) is 4.98 Å². The highest BCUT2D eigenvalue weighted by molar-refractivity contribution is 5.43. The molecule has 0 saturated heterocycles. The van der Waals surface area contributed by atoms with Crippen molar-refractivity contribution in [3.05, 3.63) is 48.3 Å². The smallest absolute Gasteiger partial charge is 0.123 e. The molecule has 0 bridgehead atoms. The fraction of sp³-hybridized carbons (Fsp3) is 0.154. The quantitative estimate of drug-likeness (QED) is 0.875. The molecule has 0 saturated carbocycles. The Balaban J connectivity index is 2.05. The highest BCUT2D eigenvalue weighted by Gasteiger charge is 2.01. The van der Waals surface area contributed by atoms with Crippen molar-refractivity contribution in [2.24, 2.45) is 0 Å². The second-order valence-corrected chi connectivity index (χ2v) is 3.54. The Labute approximate surface area is 100 Å². The van der Waals surface area contributed by atoms with E-state index in [2.05, 4.69) is 4.98 Å². The number of aromatic nitrogens is 1. The van der Waals surface area contributed by atoms with Gasteiger partial charge in [0.2, 0.25) is 0 Å². The average molecular weight is 230 g/mol. The Kier molecular flexibility index (Phi) is 3.45. The van der Waals surface area contributed by atoms with Gasteiger partial charge in [0.05, 0.1) is 19.0 Å². The Hall–Kier alpha value is -2.23. The van der Waals surface area contributed by atoms with E-state index in [0.717, 1.165) is 17.1 Å². The van der Waals surface area contributed by atoms with Gasteiger partial charge in [0, 0.05) is 17.8 Å². The SMILES string of the molecule is COc1cccc(OCc2ccncc2N)c1. The van der Waals surface area contributed by atoms with Gasteiger partial charge in [0.1, 0.15) is 18.1 Å². The monoisotopic (exact) mass is 230 g/mol. The maximum atomic E-state index is 5.77. The molecular formula is C13H14N2O2. The fourth-order valence-corrected chi connectivity index (χ4v) is 1.42. The number of anilines is 1. The van der Waals surface area contributed by atoms with E-state index in [1.807, 2.05) is 30.3 Å². The lowest BCUT2D eigenvalue weighted by atomic mass is 10.2. The maximum absolute atomic E-state index is 5.77. The molecule has 2 rings (SSSR count). The minimum atomic E-state index is 0.418. The van der Waals surface area contributed by atoms with Gasteiger partial charge in [-0.05, 0) is 18.2 Å². The van der Waals surface area contributed by atoms with E-state index >= 15 is 0 Å². The molecule has 0 aliphatic rings. The molecule has 1 heterocycles. The van der Waals surface area contributed by atoms with Gasteiger partial charge in [-0.25, -0.2) is 0 Å². The van der Waals surface area contributed by atoms with Crippen molar-refractivity contribution in [1.29, 1.82) is 0 Å². The number of hydrogen-bond acceptors (Lipinski definition) is 4. The average Bonchev–Trinajstić information content (AvgIpc) is 2.38. The molecule has 4 heteroatoms. The zero-order valence-electron chi connectivity index (χ0n) is 9.59. The Morgan fingerprint density at radius 3 is 2.82 bits per heavy atom. The maximum Gasteiger partial charge on any atom is 0.123 e. The van der Waals surface area contributed by atoms with E-state index in [-0.39, 0.29) is 0 Å². The number of ether oxygens (including phenoxy) is 2. The van der Waals surface area contributed by atoms with Crippen LogP contribution in [0.5, 0.6) is 11.5 Å². The molecule has 0 spiro atoms. The van der Waals surface area contributed by atoms with Crippen molar-refractivity contribution in [3.63, 3.8) is 0 Å². The van der Waals surface area contributed by atoms with Crippen LogP contribution in [0.1, 0.15) is 5.56 Å². The molecule has 88 valence electrons. The van der Waals surface area contributed by atoms with Crippen LogP contribution in [-0.4, -0.2) is 12.1 Å². The van der Waals surface area contributed by atoms with Crippen LogP contribution in [-0.2, 0) is 6.61 Å². The summed E-state index contributed by atoms with van der Waals surface area (Å²) in [6.45, 7) is 0.418.